The molecule has 4 nitrogen and oxygen atoms in total. The number of rotatable bonds is 2. The fourth-order valence-corrected chi connectivity index (χ4v) is 2.33. The maximum atomic E-state index is 12.8. The van der Waals surface area contributed by atoms with E-state index in [9.17, 15) is 13.2 Å². The highest BCUT2D eigenvalue weighted by molar-refractivity contribution is 5.82. The van der Waals surface area contributed by atoms with Crippen molar-refractivity contribution >= 4 is 17.0 Å². The molecule has 0 atom stereocenters. The van der Waals surface area contributed by atoms with E-state index in [0.29, 0.717) is 22.7 Å². The molecule has 0 aliphatic rings. The zero-order valence-corrected chi connectivity index (χ0v) is 11.9. The molecule has 0 amide bonds. The number of imidazole rings is 1. The summed E-state index contributed by atoms with van der Waals surface area (Å²) < 4.78 is 40.2. The van der Waals surface area contributed by atoms with Gasteiger partial charge in [-0.05, 0) is 18.2 Å². The van der Waals surface area contributed by atoms with Crippen molar-refractivity contribution in [1.82, 2.24) is 14.5 Å². The predicted octanol–water partition coefficient (Wildman–Crippen LogP) is 3.70. The van der Waals surface area contributed by atoms with Gasteiger partial charge >= 0.3 is 6.18 Å². The molecule has 0 saturated carbocycles. The number of halogens is 3. The smallest absolute Gasteiger partial charge is 0.359 e. The first-order chi connectivity index (χ1) is 10.4. The number of hydrogen-bond donors (Lipinski definition) is 1. The summed E-state index contributed by atoms with van der Waals surface area (Å²) in [4.78, 5) is 8.55. The number of anilines is 1. The van der Waals surface area contributed by atoms with Gasteiger partial charge in [0.05, 0.1) is 23.0 Å². The number of alkyl halides is 3. The van der Waals surface area contributed by atoms with E-state index in [1.807, 2.05) is 11.6 Å². The standard InChI is InChI=1S/C15H13F3N4/c1-19-14-21-12-8-20-11(7-13(12)22(14)2)9-4-3-5-10(6-9)15(16,17)18/h3-8H,1-2H3,(H,19,21). The molecule has 0 radical (unpaired) electrons. The Kier molecular flexibility index (Phi) is 3.27. The van der Waals surface area contributed by atoms with Crippen molar-refractivity contribution in [2.75, 3.05) is 12.4 Å². The van der Waals surface area contributed by atoms with Crippen LogP contribution >= 0.6 is 0 Å². The highest BCUT2D eigenvalue weighted by Crippen LogP contribution is 2.32. The minimum absolute atomic E-state index is 0.420. The molecular formula is C15H13F3N4. The molecule has 0 spiro atoms. The van der Waals surface area contributed by atoms with Crippen molar-refractivity contribution in [1.29, 1.82) is 0 Å². The van der Waals surface area contributed by atoms with Crippen LogP contribution in [0.5, 0.6) is 0 Å². The lowest BCUT2D eigenvalue weighted by atomic mass is 10.1. The summed E-state index contributed by atoms with van der Waals surface area (Å²) in [6.45, 7) is 0. The van der Waals surface area contributed by atoms with E-state index in [4.69, 9.17) is 0 Å². The second kappa shape index (κ2) is 5.01. The molecule has 3 rings (SSSR count). The molecule has 2 heterocycles. The van der Waals surface area contributed by atoms with Gasteiger partial charge in [-0.1, -0.05) is 12.1 Å². The van der Waals surface area contributed by atoms with E-state index in [2.05, 4.69) is 15.3 Å². The molecule has 0 unspecified atom stereocenters. The first-order valence-corrected chi connectivity index (χ1v) is 6.58. The summed E-state index contributed by atoms with van der Waals surface area (Å²) in [7, 11) is 3.58. The van der Waals surface area contributed by atoms with Crippen molar-refractivity contribution < 1.29 is 13.2 Å². The van der Waals surface area contributed by atoms with Crippen molar-refractivity contribution in [2.24, 2.45) is 7.05 Å². The fraction of sp³-hybridized carbons (Fsp3) is 0.200. The predicted molar refractivity (Wildman–Crippen MR) is 78.5 cm³/mol. The summed E-state index contributed by atoms with van der Waals surface area (Å²) in [5, 5.41) is 2.95. The molecule has 0 aliphatic heterocycles. The summed E-state index contributed by atoms with van der Waals surface area (Å²) in [5.74, 6) is 0.665. The molecule has 0 bridgehead atoms. The fourth-order valence-electron chi connectivity index (χ4n) is 2.33. The van der Waals surface area contributed by atoms with Crippen LogP contribution in [-0.2, 0) is 13.2 Å². The normalized spacial score (nSPS) is 11.9. The van der Waals surface area contributed by atoms with Gasteiger partial charge in [-0.25, -0.2) is 4.98 Å². The first kappa shape index (κ1) is 14.4. The average Bonchev–Trinajstić information content (AvgIpc) is 2.82. The third-order valence-corrected chi connectivity index (χ3v) is 3.48. The Morgan fingerprint density at radius 1 is 1.18 bits per heavy atom. The van der Waals surface area contributed by atoms with Gasteiger partial charge in [-0.3, -0.25) is 4.98 Å². The van der Waals surface area contributed by atoms with E-state index >= 15 is 0 Å². The summed E-state index contributed by atoms with van der Waals surface area (Å²) in [6.07, 6.45) is -2.81. The van der Waals surface area contributed by atoms with Crippen LogP contribution < -0.4 is 5.32 Å². The monoisotopic (exact) mass is 306 g/mol. The van der Waals surface area contributed by atoms with E-state index in [0.717, 1.165) is 17.6 Å². The van der Waals surface area contributed by atoms with Crippen molar-refractivity contribution in [2.45, 2.75) is 6.18 Å². The SMILES string of the molecule is CNc1nc2cnc(-c3cccc(C(F)(F)F)c3)cc2n1C. The summed E-state index contributed by atoms with van der Waals surface area (Å²) in [6, 6.07) is 6.87. The molecule has 3 aromatic rings. The number of aryl methyl sites for hydroxylation is 1. The molecule has 0 fully saturated rings. The second-order valence-electron chi connectivity index (χ2n) is 4.88. The number of nitrogens with zero attached hydrogens (tertiary/aromatic N) is 3. The highest BCUT2D eigenvalue weighted by atomic mass is 19.4. The molecule has 1 aromatic carbocycles. The maximum absolute atomic E-state index is 12.8. The van der Waals surface area contributed by atoms with Crippen LogP contribution in [0.15, 0.2) is 36.5 Å². The minimum Gasteiger partial charge on any atom is -0.359 e. The topological polar surface area (TPSA) is 42.7 Å². The second-order valence-corrected chi connectivity index (χ2v) is 4.88. The number of hydrogen-bond acceptors (Lipinski definition) is 3. The zero-order valence-electron chi connectivity index (χ0n) is 11.9. The summed E-state index contributed by atoms with van der Waals surface area (Å²) in [5.41, 5.74) is 1.69. The lowest BCUT2D eigenvalue weighted by Crippen LogP contribution is -2.04. The largest absolute Gasteiger partial charge is 0.416 e. The van der Waals surface area contributed by atoms with Crippen molar-refractivity contribution in [3.8, 4) is 11.3 Å². The molecule has 1 N–H and O–H groups in total. The Morgan fingerprint density at radius 2 is 1.95 bits per heavy atom. The van der Waals surface area contributed by atoms with Crippen LogP contribution in [0.1, 0.15) is 5.56 Å². The van der Waals surface area contributed by atoms with Gasteiger partial charge in [0.15, 0.2) is 0 Å². The number of aromatic nitrogens is 3. The quantitative estimate of drug-likeness (QED) is 0.785. The van der Waals surface area contributed by atoms with Crippen molar-refractivity contribution in [3.05, 3.63) is 42.1 Å². The molecule has 2 aromatic heterocycles. The van der Waals surface area contributed by atoms with Gasteiger partial charge in [0.25, 0.3) is 0 Å². The van der Waals surface area contributed by atoms with Crippen LogP contribution in [0.25, 0.3) is 22.3 Å². The third-order valence-electron chi connectivity index (χ3n) is 3.48. The van der Waals surface area contributed by atoms with Crippen LogP contribution in [-0.4, -0.2) is 21.6 Å². The Bertz CT molecular complexity index is 836. The highest BCUT2D eigenvalue weighted by Gasteiger charge is 2.30. The number of pyridine rings is 1. The molecule has 7 heteroatoms. The van der Waals surface area contributed by atoms with E-state index in [1.54, 1.807) is 25.4 Å². The van der Waals surface area contributed by atoms with E-state index < -0.39 is 11.7 Å². The number of fused-ring (bicyclic) bond motifs is 1. The van der Waals surface area contributed by atoms with Gasteiger partial charge in [-0.15, -0.1) is 0 Å². The van der Waals surface area contributed by atoms with Crippen LogP contribution in [0.2, 0.25) is 0 Å². The first-order valence-electron chi connectivity index (χ1n) is 6.58. The number of benzene rings is 1. The van der Waals surface area contributed by atoms with Crippen LogP contribution in [0.3, 0.4) is 0 Å². The maximum Gasteiger partial charge on any atom is 0.416 e. The average molecular weight is 306 g/mol. The number of nitrogens with one attached hydrogen (secondary N) is 1. The van der Waals surface area contributed by atoms with Gasteiger partial charge in [0.1, 0.15) is 5.52 Å². The minimum atomic E-state index is -4.37. The molecule has 22 heavy (non-hydrogen) atoms. The summed E-state index contributed by atoms with van der Waals surface area (Å²) >= 11 is 0. The van der Waals surface area contributed by atoms with Gasteiger partial charge in [-0.2, -0.15) is 13.2 Å². The van der Waals surface area contributed by atoms with Gasteiger partial charge in [0, 0.05) is 19.7 Å². The lowest BCUT2D eigenvalue weighted by Gasteiger charge is -2.08. The Hall–Kier alpha value is -2.57. The van der Waals surface area contributed by atoms with Gasteiger partial charge < -0.3 is 9.88 Å². The Labute approximate surface area is 124 Å². The van der Waals surface area contributed by atoms with E-state index in [-0.39, 0.29) is 0 Å². The third kappa shape index (κ3) is 2.38. The molecule has 114 valence electrons. The lowest BCUT2D eigenvalue weighted by molar-refractivity contribution is -0.137. The van der Waals surface area contributed by atoms with Crippen molar-refractivity contribution in [3.63, 3.8) is 0 Å². The zero-order chi connectivity index (χ0) is 15.9. The Morgan fingerprint density at radius 3 is 2.64 bits per heavy atom. The molecular weight excluding hydrogens is 293 g/mol. The molecule has 0 aliphatic carbocycles. The van der Waals surface area contributed by atoms with Gasteiger partial charge in [0.2, 0.25) is 5.95 Å². The Balaban J connectivity index is 2.12. The van der Waals surface area contributed by atoms with Crippen LogP contribution in [0, 0.1) is 0 Å². The molecule has 0 saturated heterocycles. The van der Waals surface area contributed by atoms with Crippen LogP contribution in [0.4, 0.5) is 19.1 Å². The van der Waals surface area contributed by atoms with E-state index in [1.165, 1.54) is 6.07 Å².